The van der Waals surface area contributed by atoms with E-state index in [4.69, 9.17) is 15.4 Å². The average Bonchev–Trinajstić information content (AvgIpc) is 1.65. The van der Waals surface area contributed by atoms with Gasteiger partial charge in [0.25, 0.3) is 0 Å². The fourth-order valence-corrected chi connectivity index (χ4v) is 0.224. The molecule has 0 rings (SSSR count). The molecule has 9 heavy (non-hydrogen) atoms. The van der Waals surface area contributed by atoms with E-state index in [1.54, 1.807) is 0 Å². The van der Waals surface area contributed by atoms with Crippen LogP contribution in [0.15, 0.2) is 0 Å². The number of hydrogen-bond donors (Lipinski definition) is 3. The molecule has 6 heteroatoms. The highest BCUT2D eigenvalue weighted by Gasteiger charge is 2.34. The van der Waals surface area contributed by atoms with Gasteiger partial charge >= 0.3 is 5.97 Å². The van der Waals surface area contributed by atoms with E-state index < -0.39 is 21.9 Å². The van der Waals surface area contributed by atoms with Gasteiger partial charge in [-0.1, -0.05) is 0 Å². The zero-order valence-electron chi connectivity index (χ0n) is 4.70. The molecule has 2 atom stereocenters. The third kappa shape index (κ3) is 1.74. The number of carboxylic acids is 1. The van der Waals surface area contributed by atoms with Crippen molar-refractivity contribution in [3.05, 3.63) is 0 Å². The number of rotatable bonds is 2. The van der Waals surface area contributed by atoms with Crippen LogP contribution in [0.3, 0.4) is 0 Å². The van der Waals surface area contributed by atoms with E-state index in [9.17, 15) is 9.00 Å². The molecule has 5 nitrogen and oxygen atoms in total. The summed E-state index contributed by atoms with van der Waals surface area (Å²) in [5.41, 5.74) is 4.85. The molecular formula is C3H7NO4S. The van der Waals surface area contributed by atoms with Crippen LogP contribution in [0, 0.1) is 0 Å². The maximum Gasteiger partial charge on any atom is 0.339 e. The van der Waals surface area contributed by atoms with Gasteiger partial charge in [0.05, 0.1) is 0 Å². The highest BCUT2D eigenvalue weighted by Crippen LogP contribution is 2.01. The minimum Gasteiger partial charge on any atom is -0.479 e. The van der Waals surface area contributed by atoms with E-state index in [0.29, 0.717) is 0 Å². The maximum absolute atomic E-state index is 10.1. The standard InChI is InChI=1S/C3H7NO4S/c1-3(4,2(5)6)9(7)8/h4H2,1H3,(H,5,6)(H,7,8). The van der Waals surface area contributed by atoms with E-state index in [2.05, 4.69) is 0 Å². The van der Waals surface area contributed by atoms with Crippen molar-refractivity contribution in [3.63, 3.8) is 0 Å². The molecule has 0 saturated carbocycles. The first kappa shape index (κ1) is 8.54. The fraction of sp³-hybridized carbons (Fsp3) is 0.667. The molecule has 54 valence electrons. The van der Waals surface area contributed by atoms with Crippen LogP contribution in [0.5, 0.6) is 0 Å². The smallest absolute Gasteiger partial charge is 0.339 e. The lowest BCUT2D eigenvalue weighted by atomic mass is 10.4. The molecule has 0 aliphatic heterocycles. The Morgan fingerprint density at radius 3 is 2.11 bits per heavy atom. The topological polar surface area (TPSA) is 101 Å². The molecule has 0 spiro atoms. The summed E-state index contributed by atoms with van der Waals surface area (Å²) in [5, 5.41) is 8.13. The van der Waals surface area contributed by atoms with E-state index in [1.165, 1.54) is 0 Å². The molecule has 2 unspecified atom stereocenters. The van der Waals surface area contributed by atoms with E-state index >= 15 is 0 Å². The summed E-state index contributed by atoms with van der Waals surface area (Å²) in [6, 6.07) is 0. The second-order valence-electron chi connectivity index (χ2n) is 1.66. The normalized spacial score (nSPS) is 20.3. The van der Waals surface area contributed by atoms with E-state index in [1.807, 2.05) is 0 Å². The first-order chi connectivity index (χ1) is 3.89. The van der Waals surface area contributed by atoms with Gasteiger partial charge in [-0.25, -0.2) is 9.00 Å². The highest BCUT2D eigenvalue weighted by atomic mass is 32.2. The molecular weight excluding hydrogens is 146 g/mol. The van der Waals surface area contributed by atoms with Crippen molar-refractivity contribution in [3.8, 4) is 0 Å². The third-order valence-electron chi connectivity index (χ3n) is 0.787. The summed E-state index contributed by atoms with van der Waals surface area (Å²) in [5.74, 6) is -1.50. The number of hydrogen-bond acceptors (Lipinski definition) is 3. The quantitative estimate of drug-likeness (QED) is 0.440. The van der Waals surface area contributed by atoms with Crippen molar-refractivity contribution >= 4 is 17.0 Å². The Balaban J connectivity index is 4.38. The fourth-order valence-electron chi connectivity index (χ4n) is 0.0747. The van der Waals surface area contributed by atoms with Crippen molar-refractivity contribution in [2.75, 3.05) is 0 Å². The van der Waals surface area contributed by atoms with Crippen molar-refractivity contribution in [1.29, 1.82) is 0 Å². The minimum absolute atomic E-state index is 0.964. The lowest BCUT2D eigenvalue weighted by Crippen LogP contribution is -2.48. The van der Waals surface area contributed by atoms with Crippen LogP contribution in [-0.4, -0.2) is 24.7 Å². The van der Waals surface area contributed by atoms with Gasteiger partial charge in [0.15, 0.2) is 11.1 Å². The summed E-state index contributed by atoms with van der Waals surface area (Å²) in [4.78, 5) is 7.93. The van der Waals surface area contributed by atoms with Gasteiger partial charge in [-0.05, 0) is 6.92 Å². The number of carbonyl (C=O) groups is 1. The molecule has 0 aromatic carbocycles. The van der Waals surface area contributed by atoms with Crippen LogP contribution in [0.4, 0.5) is 0 Å². The number of nitrogens with two attached hydrogens (primary N) is 1. The summed E-state index contributed by atoms with van der Waals surface area (Å²) in [6.45, 7) is 0.964. The Labute approximate surface area is 54.1 Å². The lowest BCUT2D eigenvalue weighted by molar-refractivity contribution is -0.139. The van der Waals surface area contributed by atoms with Crippen LogP contribution in [0.25, 0.3) is 0 Å². The molecule has 0 heterocycles. The SMILES string of the molecule is CC(N)(C(=O)O)S(=O)O. The van der Waals surface area contributed by atoms with Gasteiger partial charge in [-0.3, -0.25) is 0 Å². The molecule has 0 aliphatic rings. The zero-order chi connectivity index (χ0) is 7.65. The lowest BCUT2D eigenvalue weighted by Gasteiger charge is -2.12. The Morgan fingerprint density at radius 1 is 1.78 bits per heavy atom. The molecule has 0 bridgehead atoms. The van der Waals surface area contributed by atoms with Gasteiger partial charge in [-0.15, -0.1) is 0 Å². The predicted octanol–water partition coefficient (Wildman–Crippen LogP) is -1.03. The Hall–Kier alpha value is -0.460. The Kier molecular flexibility index (Phi) is 2.30. The van der Waals surface area contributed by atoms with E-state index in [0.717, 1.165) is 6.92 Å². The second-order valence-corrected chi connectivity index (χ2v) is 3.01. The molecule has 4 N–H and O–H groups in total. The van der Waals surface area contributed by atoms with Crippen LogP contribution in [0.2, 0.25) is 0 Å². The molecule has 0 aliphatic carbocycles. The Morgan fingerprint density at radius 2 is 2.11 bits per heavy atom. The van der Waals surface area contributed by atoms with E-state index in [-0.39, 0.29) is 0 Å². The molecule has 0 fully saturated rings. The van der Waals surface area contributed by atoms with Gasteiger partial charge in [0.2, 0.25) is 4.87 Å². The first-order valence-electron chi connectivity index (χ1n) is 2.02. The third-order valence-corrected chi connectivity index (χ3v) is 1.69. The molecule has 0 radical (unpaired) electrons. The molecule has 0 amide bonds. The minimum atomic E-state index is -2.53. The summed E-state index contributed by atoms with van der Waals surface area (Å²) in [6.07, 6.45) is 0. The zero-order valence-corrected chi connectivity index (χ0v) is 5.51. The molecule has 0 saturated heterocycles. The van der Waals surface area contributed by atoms with Gasteiger partial charge in [0, 0.05) is 0 Å². The molecule has 0 aromatic heterocycles. The van der Waals surface area contributed by atoms with Gasteiger partial charge in [0.1, 0.15) is 0 Å². The first-order valence-corrected chi connectivity index (χ1v) is 3.13. The largest absolute Gasteiger partial charge is 0.479 e. The summed E-state index contributed by atoms with van der Waals surface area (Å²) in [7, 11) is 0. The monoisotopic (exact) mass is 153 g/mol. The van der Waals surface area contributed by atoms with Gasteiger partial charge in [-0.2, -0.15) is 0 Å². The maximum atomic E-state index is 10.1. The number of aliphatic carboxylic acids is 1. The predicted molar refractivity (Wildman–Crippen MR) is 31.0 cm³/mol. The summed E-state index contributed by atoms with van der Waals surface area (Å²) < 4.78 is 18.3. The van der Waals surface area contributed by atoms with Crippen LogP contribution >= 0.6 is 0 Å². The van der Waals surface area contributed by atoms with Crippen LogP contribution in [-0.2, 0) is 15.9 Å². The second kappa shape index (κ2) is 2.42. The number of carboxylic acid groups (broad SMARTS) is 1. The Bertz CT molecular complexity index is 138. The van der Waals surface area contributed by atoms with Crippen molar-refractivity contribution in [2.24, 2.45) is 5.73 Å². The average molecular weight is 153 g/mol. The highest BCUT2D eigenvalue weighted by molar-refractivity contribution is 7.81. The molecule has 0 aromatic rings. The van der Waals surface area contributed by atoms with Gasteiger partial charge < -0.3 is 15.4 Å². The van der Waals surface area contributed by atoms with Crippen LogP contribution in [0.1, 0.15) is 6.92 Å². The van der Waals surface area contributed by atoms with Crippen molar-refractivity contribution in [1.82, 2.24) is 0 Å². The van der Waals surface area contributed by atoms with Crippen molar-refractivity contribution in [2.45, 2.75) is 11.8 Å². The van der Waals surface area contributed by atoms with Crippen molar-refractivity contribution < 1.29 is 18.7 Å². The summed E-state index contributed by atoms with van der Waals surface area (Å²) >= 11 is -2.53. The van der Waals surface area contributed by atoms with Crippen LogP contribution < -0.4 is 5.73 Å².